The van der Waals surface area contributed by atoms with Gasteiger partial charge in [0.1, 0.15) is 5.82 Å². The largest absolute Gasteiger partial charge is 0.480 e. The summed E-state index contributed by atoms with van der Waals surface area (Å²) >= 11 is 5.59. The number of hydrogen-bond donors (Lipinski definition) is 2. The van der Waals surface area contributed by atoms with Crippen LogP contribution in [0.25, 0.3) is 0 Å². The molecule has 0 saturated heterocycles. The van der Waals surface area contributed by atoms with Gasteiger partial charge in [-0.2, -0.15) is 13.2 Å². The first-order chi connectivity index (χ1) is 8.58. The van der Waals surface area contributed by atoms with Crippen molar-refractivity contribution in [3.05, 3.63) is 34.6 Å². The van der Waals surface area contributed by atoms with Crippen molar-refractivity contribution in [1.82, 2.24) is 5.32 Å². The quantitative estimate of drug-likeness (QED) is 0.840. The lowest BCUT2D eigenvalue weighted by Crippen LogP contribution is -2.59. The van der Waals surface area contributed by atoms with Crippen LogP contribution < -0.4 is 5.32 Å². The van der Waals surface area contributed by atoms with Crippen molar-refractivity contribution < 1.29 is 27.5 Å². The van der Waals surface area contributed by atoms with Crippen LogP contribution in [-0.4, -0.2) is 22.8 Å². The van der Waals surface area contributed by atoms with Gasteiger partial charge >= 0.3 is 12.1 Å². The van der Waals surface area contributed by atoms with E-state index in [1.807, 2.05) is 0 Å². The highest BCUT2D eigenvalue weighted by atomic mass is 35.5. The Balaban J connectivity index is 2.95. The summed E-state index contributed by atoms with van der Waals surface area (Å²) < 4.78 is 51.3. The summed E-state index contributed by atoms with van der Waals surface area (Å²) in [6, 6.07) is 3.36. The molecule has 1 atom stereocenters. The number of carboxylic acid groups (broad SMARTS) is 1. The molecule has 0 bridgehead atoms. The Hall–Kier alpha value is -1.34. The fraction of sp³-hybridized carbons (Fsp3) is 0.364. The second-order valence-corrected chi connectivity index (χ2v) is 4.45. The monoisotopic (exact) mass is 299 g/mol. The molecule has 106 valence electrons. The summed E-state index contributed by atoms with van der Waals surface area (Å²) in [6.45, 7) is -0.146. The third kappa shape index (κ3) is 3.36. The summed E-state index contributed by atoms with van der Waals surface area (Å²) in [5.74, 6) is -2.87. The molecule has 1 aromatic carbocycles. The predicted octanol–water partition coefficient (Wildman–Crippen LogP) is 2.97. The lowest BCUT2D eigenvalue weighted by Gasteiger charge is -2.28. The van der Waals surface area contributed by atoms with Gasteiger partial charge in [-0.3, -0.25) is 5.32 Å². The zero-order valence-corrected chi connectivity index (χ0v) is 10.4. The first-order valence-corrected chi connectivity index (χ1v) is 5.45. The van der Waals surface area contributed by atoms with Gasteiger partial charge in [0, 0.05) is 17.1 Å². The molecule has 0 spiro atoms. The molecule has 1 rings (SSSR count). The molecule has 8 heteroatoms. The molecule has 0 aromatic heterocycles. The Morgan fingerprint density at radius 2 is 2.00 bits per heavy atom. The normalized spacial score (nSPS) is 15.1. The summed E-state index contributed by atoms with van der Waals surface area (Å²) in [6.07, 6.45) is -5.02. The van der Waals surface area contributed by atoms with Crippen LogP contribution in [0.4, 0.5) is 17.6 Å². The minimum Gasteiger partial charge on any atom is -0.480 e. The lowest BCUT2D eigenvalue weighted by molar-refractivity contribution is -0.206. The number of hydrogen-bond acceptors (Lipinski definition) is 2. The maximum atomic E-state index is 13.3. The van der Waals surface area contributed by atoms with E-state index in [2.05, 4.69) is 0 Å². The van der Waals surface area contributed by atoms with E-state index in [0.29, 0.717) is 6.92 Å². The van der Waals surface area contributed by atoms with Crippen molar-refractivity contribution in [2.75, 3.05) is 0 Å². The predicted molar refractivity (Wildman–Crippen MR) is 60.3 cm³/mol. The molecule has 1 unspecified atom stereocenters. The van der Waals surface area contributed by atoms with Gasteiger partial charge in [0.2, 0.25) is 5.54 Å². The van der Waals surface area contributed by atoms with Crippen LogP contribution >= 0.6 is 11.6 Å². The summed E-state index contributed by atoms with van der Waals surface area (Å²) in [5, 5.41) is 10.6. The number of alkyl halides is 3. The molecule has 1 aromatic rings. The highest BCUT2D eigenvalue weighted by Gasteiger charge is 2.57. The van der Waals surface area contributed by atoms with E-state index in [-0.39, 0.29) is 10.6 Å². The second kappa shape index (κ2) is 5.34. The van der Waals surface area contributed by atoms with Crippen LogP contribution in [0, 0.1) is 5.82 Å². The standard InChI is InChI=1S/C11H10ClF4NO2/c1-10(9(18)19,11(14,15)16)17-5-6-4-7(12)2-3-8(6)13/h2-4,17H,5H2,1H3,(H,18,19). The Morgan fingerprint density at radius 1 is 1.42 bits per heavy atom. The van der Waals surface area contributed by atoms with Crippen LogP contribution in [0.3, 0.4) is 0 Å². The van der Waals surface area contributed by atoms with Crippen LogP contribution in [0.5, 0.6) is 0 Å². The maximum Gasteiger partial charge on any atom is 0.417 e. The van der Waals surface area contributed by atoms with Gasteiger partial charge in [-0.25, -0.2) is 9.18 Å². The molecule has 0 saturated carbocycles. The summed E-state index contributed by atoms with van der Waals surface area (Å²) in [7, 11) is 0. The van der Waals surface area contributed by atoms with Gasteiger partial charge in [0.05, 0.1) is 0 Å². The molecule has 2 N–H and O–H groups in total. The first kappa shape index (κ1) is 15.7. The van der Waals surface area contributed by atoms with E-state index in [4.69, 9.17) is 16.7 Å². The second-order valence-electron chi connectivity index (χ2n) is 4.02. The van der Waals surface area contributed by atoms with E-state index < -0.39 is 30.0 Å². The Morgan fingerprint density at radius 3 is 2.47 bits per heavy atom. The molecule has 0 fully saturated rings. The van der Waals surface area contributed by atoms with E-state index in [0.717, 1.165) is 12.1 Å². The smallest absolute Gasteiger partial charge is 0.417 e. The maximum absolute atomic E-state index is 13.3. The highest BCUT2D eigenvalue weighted by molar-refractivity contribution is 6.30. The van der Waals surface area contributed by atoms with E-state index in [1.165, 1.54) is 6.07 Å². The van der Waals surface area contributed by atoms with E-state index in [9.17, 15) is 22.4 Å². The van der Waals surface area contributed by atoms with Gasteiger partial charge < -0.3 is 5.11 Å². The zero-order chi connectivity index (χ0) is 14.8. The van der Waals surface area contributed by atoms with Crippen molar-refractivity contribution in [3.63, 3.8) is 0 Å². The molecule has 0 aliphatic carbocycles. The molecular formula is C11H10ClF4NO2. The van der Waals surface area contributed by atoms with Crippen LogP contribution in [0.2, 0.25) is 5.02 Å². The third-order valence-corrected chi connectivity index (χ3v) is 2.87. The lowest BCUT2D eigenvalue weighted by atomic mass is 10.0. The summed E-state index contributed by atoms with van der Waals surface area (Å²) in [4.78, 5) is 10.7. The first-order valence-electron chi connectivity index (χ1n) is 5.07. The molecule has 0 radical (unpaired) electrons. The van der Waals surface area contributed by atoms with Crippen LogP contribution in [0.15, 0.2) is 18.2 Å². The number of carbonyl (C=O) groups is 1. The van der Waals surface area contributed by atoms with Gasteiger partial charge in [-0.15, -0.1) is 0 Å². The molecule has 3 nitrogen and oxygen atoms in total. The number of benzene rings is 1. The van der Waals surface area contributed by atoms with Gasteiger partial charge in [0.25, 0.3) is 0 Å². The van der Waals surface area contributed by atoms with Gasteiger partial charge in [-0.1, -0.05) is 11.6 Å². The fourth-order valence-corrected chi connectivity index (χ4v) is 1.44. The Kier molecular flexibility index (Phi) is 4.42. The number of carboxylic acids is 1. The number of aliphatic carboxylic acids is 1. The van der Waals surface area contributed by atoms with Gasteiger partial charge in [0.15, 0.2) is 0 Å². The molecule has 0 aliphatic rings. The SMILES string of the molecule is CC(NCc1cc(Cl)ccc1F)(C(=O)O)C(F)(F)F. The van der Waals surface area contributed by atoms with E-state index in [1.54, 1.807) is 5.32 Å². The average molecular weight is 300 g/mol. The minimum atomic E-state index is -5.02. The molecule has 19 heavy (non-hydrogen) atoms. The number of halogens is 5. The minimum absolute atomic E-state index is 0.141. The van der Waals surface area contributed by atoms with Crippen molar-refractivity contribution in [3.8, 4) is 0 Å². The van der Waals surface area contributed by atoms with Crippen molar-refractivity contribution in [2.45, 2.75) is 25.2 Å². The average Bonchev–Trinajstić information content (AvgIpc) is 2.28. The Labute approximate surface area is 111 Å². The van der Waals surface area contributed by atoms with E-state index >= 15 is 0 Å². The number of rotatable bonds is 4. The van der Waals surface area contributed by atoms with Crippen molar-refractivity contribution >= 4 is 17.6 Å². The molecule has 0 heterocycles. The van der Waals surface area contributed by atoms with Crippen molar-refractivity contribution in [1.29, 1.82) is 0 Å². The number of nitrogens with one attached hydrogen (secondary N) is 1. The highest BCUT2D eigenvalue weighted by Crippen LogP contribution is 2.31. The van der Waals surface area contributed by atoms with Gasteiger partial charge in [-0.05, 0) is 25.1 Å². The Bertz CT molecular complexity index is 492. The molecule has 0 aliphatic heterocycles. The third-order valence-electron chi connectivity index (χ3n) is 2.63. The summed E-state index contributed by atoms with van der Waals surface area (Å²) in [5.41, 5.74) is -3.31. The van der Waals surface area contributed by atoms with Crippen LogP contribution in [0.1, 0.15) is 12.5 Å². The topological polar surface area (TPSA) is 49.3 Å². The molecule has 0 amide bonds. The molecular weight excluding hydrogens is 290 g/mol. The van der Waals surface area contributed by atoms with Crippen molar-refractivity contribution in [2.24, 2.45) is 0 Å². The van der Waals surface area contributed by atoms with Crippen LogP contribution in [-0.2, 0) is 11.3 Å². The fourth-order valence-electron chi connectivity index (χ4n) is 1.25. The zero-order valence-electron chi connectivity index (χ0n) is 9.68.